The number of hydrogen-bond donors (Lipinski definition) is 1. The molecule has 152 valence electrons. The summed E-state index contributed by atoms with van der Waals surface area (Å²) in [6.45, 7) is 2.09. The summed E-state index contributed by atoms with van der Waals surface area (Å²) < 4.78 is 16.4. The van der Waals surface area contributed by atoms with Crippen molar-refractivity contribution >= 4 is 16.9 Å². The van der Waals surface area contributed by atoms with Gasteiger partial charge < -0.3 is 28.9 Å². The molecule has 30 heavy (non-hydrogen) atoms. The summed E-state index contributed by atoms with van der Waals surface area (Å²) in [6, 6.07) is 13.0. The number of para-hydroxylation sites is 1. The minimum atomic E-state index is -1.58. The molecule has 1 heterocycles. The van der Waals surface area contributed by atoms with Gasteiger partial charge in [-0.1, -0.05) is 31.5 Å². The number of hydrogen-bond acceptors (Lipinski definition) is 7. The maximum Gasteiger partial charge on any atom is 1.00 e. The number of aryl methyl sites for hydroxylation is 1. The van der Waals surface area contributed by atoms with Gasteiger partial charge in [0.1, 0.15) is 42.4 Å². The van der Waals surface area contributed by atoms with Gasteiger partial charge in [0.15, 0.2) is 11.2 Å². The van der Waals surface area contributed by atoms with E-state index in [1.54, 1.807) is 6.07 Å². The van der Waals surface area contributed by atoms with Gasteiger partial charge in [-0.05, 0) is 30.2 Å². The van der Waals surface area contributed by atoms with Gasteiger partial charge in [0.2, 0.25) is 0 Å². The van der Waals surface area contributed by atoms with Gasteiger partial charge >= 0.3 is 29.6 Å². The van der Waals surface area contributed by atoms with E-state index in [-0.39, 0.29) is 53.7 Å². The number of carbonyl (C=O) groups excluding carboxylic acids is 1. The molecule has 3 aromatic rings. The number of benzene rings is 2. The smallest absolute Gasteiger partial charge is 0.542 e. The van der Waals surface area contributed by atoms with Crippen molar-refractivity contribution in [3.63, 3.8) is 0 Å². The average molecular weight is 420 g/mol. The second-order valence-electron chi connectivity index (χ2n) is 6.55. The van der Waals surface area contributed by atoms with Crippen molar-refractivity contribution in [3.8, 4) is 11.5 Å². The number of ether oxygens (including phenoxy) is 2. The molecule has 0 saturated carbocycles. The second kappa shape index (κ2) is 11.2. The third-order valence-corrected chi connectivity index (χ3v) is 4.27. The first-order valence-electron chi connectivity index (χ1n) is 9.28. The molecule has 1 unspecified atom stereocenters. The molecule has 0 saturated heterocycles. The van der Waals surface area contributed by atoms with Crippen molar-refractivity contribution in [2.45, 2.75) is 25.9 Å². The van der Waals surface area contributed by atoms with Crippen molar-refractivity contribution in [1.29, 1.82) is 0 Å². The van der Waals surface area contributed by atoms with Gasteiger partial charge in [-0.15, -0.1) is 0 Å². The molecule has 1 aromatic heterocycles. The van der Waals surface area contributed by atoms with Crippen LogP contribution < -0.4 is 49.6 Å². The van der Waals surface area contributed by atoms with Crippen molar-refractivity contribution < 1.29 is 58.5 Å². The van der Waals surface area contributed by atoms with E-state index < -0.39 is 23.3 Å². The molecule has 0 spiro atoms. The first kappa shape index (κ1) is 24.0. The van der Waals surface area contributed by atoms with Crippen LogP contribution in [0.5, 0.6) is 11.5 Å². The first-order valence-corrected chi connectivity index (χ1v) is 9.28. The molecule has 0 aliphatic rings. The van der Waals surface area contributed by atoms with E-state index in [2.05, 4.69) is 6.92 Å². The Labute approximate surface area is 195 Å². The Morgan fingerprint density at radius 1 is 1.13 bits per heavy atom. The van der Waals surface area contributed by atoms with Crippen molar-refractivity contribution in [1.82, 2.24) is 0 Å². The zero-order chi connectivity index (χ0) is 20.8. The van der Waals surface area contributed by atoms with Crippen molar-refractivity contribution in [2.24, 2.45) is 0 Å². The fourth-order valence-corrected chi connectivity index (χ4v) is 2.87. The van der Waals surface area contributed by atoms with Crippen molar-refractivity contribution in [2.75, 3.05) is 13.2 Å². The summed E-state index contributed by atoms with van der Waals surface area (Å²) in [5.41, 5.74) is 0.654. The summed E-state index contributed by atoms with van der Waals surface area (Å²) in [4.78, 5) is 22.9. The normalized spacial score (nSPS) is 11.5. The monoisotopic (exact) mass is 420 g/mol. The zero-order valence-electron chi connectivity index (χ0n) is 16.9. The van der Waals surface area contributed by atoms with E-state index in [0.29, 0.717) is 5.75 Å². The van der Waals surface area contributed by atoms with Gasteiger partial charge in [0.25, 0.3) is 0 Å². The molecule has 8 heteroatoms. The van der Waals surface area contributed by atoms with Crippen LogP contribution in [0.3, 0.4) is 0 Å². The molecular weight excluding hydrogens is 399 g/mol. The van der Waals surface area contributed by atoms with Crippen LogP contribution >= 0.6 is 0 Å². The Kier molecular flexibility index (Phi) is 8.92. The predicted molar refractivity (Wildman–Crippen MR) is 104 cm³/mol. The second-order valence-corrected chi connectivity index (χ2v) is 6.55. The molecule has 0 fully saturated rings. The molecule has 2 aromatic carbocycles. The molecular formula is C22H21NaO7. The summed E-state index contributed by atoms with van der Waals surface area (Å²) in [5.74, 6) is -1.08. The van der Waals surface area contributed by atoms with Crippen LogP contribution in [0.2, 0.25) is 0 Å². The standard InChI is InChI=1S/C22H22O7.Na/c1-2-5-14-6-3-4-7-19(14)28-13-15(23)12-27-16-8-9-17-18(24)11-21(22(25)26)29-20(17)10-16;/h3-4,6-11,15,23H,2,5,12-13H2,1H3,(H,25,26);/q;+1/p-1. The third kappa shape index (κ3) is 6.09. The van der Waals surface area contributed by atoms with Crippen LogP contribution in [0.25, 0.3) is 11.0 Å². The van der Waals surface area contributed by atoms with Crippen LogP contribution in [0, 0.1) is 0 Å². The summed E-state index contributed by atoms with van der Waals surface area (Å²) in [6.07, 6.45) is 0.991. The maximum atomic E-state index is 11.9. The molecule has 0 bridgehead atoms. The van der Waals surface area contributed by atoms with E-state index in [1.165, 1.54) is 12.1 Å². The largest absolute Gasteiger partial charge is 1.00 e. The zero-order valence-corrected chi connectivity index (χ0v) is 18.9. The Morgan fingerprint density at radius 2 is 1.87 bits per heavy atom. The quantitative estimate of drug-likeness (QED) is 0.439. The SMILES string of the molecule is CCCc1ccccc1OCC(O)COc1ccc2c(=O)cc(C(=O)[O-])oc2c1.[Na+]. The van der Waals surface area contributed by atoms with Crippen LogP contribution in [-0.2, 0) is 6.42 Å². The predicted octanol–water partition coefficient (Wildman–Crippen LogP) is -1.07. The van der Waals surface area contributed by atoms with Gasteiger partial charge in [0.05, 0.1) is 5.39 Å². The minimum absolute atomic E-state index is 0. The number of carbonyl (C=O) groups is 1. The number of carboxylic acid groups (broad SMARTS) is 1. The van der Waals surface area contributed by atoms with Crippen LogP contribution in [0.4, 0.5) is 0 Å². The molecule has 0 radical (unpaired) electrons. The summed E-state index contributed by atoms with van der Waals surface area (Å²) in [5, 5.41) is 21.3. The van der Waals surface area contributed by atoms with E-state index in [9.17, 15) is 19.8 Å². The van der Waals surface area contributed by atoms with Gasteiger partial charge in [-0.25, -0.2) is 0 Å². The van der Waals surface area contributed by atoms with E-state index in [4.69, 9.17) is 13.9 Å². The molecule has 7 nitrogen and oxygen atoms in total. The molecule has 0 amide bonds. The fourth-order valence-electron chi connectivity index (χ4n) is 2.87. The third-order valence-electron chi connectivity index (χ3n) is 4.27. The molecule has 1 atom stereocenters. The molecule has 1 N–H and O–H groups in total. The molecule has 0 aliphatic heterocycles. The van der Waals surface area contributed by atoms with Crippen LogP contribution in [0.15, 0.2) is 57.7 Å². The summed E-state index contributed by atoms with van der Waals surface area (Å²) >= 11 is 0. The van der Waals surface area contributed by atoms with E-state index >= 15 is 0 Å². The fraction of sp³-hybridized carbons (Fsp3) is 0.273. The van der Waals surface area contributed by atoms with Crippen LogP contribution in [-0.4, -0.2) is 30.4 Å². The van der Waals surface area contributed by atoms with Crippen LogP contribution in [0.1, 0.15) is 29.5 Å². The topological polar surface area (TPSA) is 109 Å². The minimum Gasteiger partial charge on any atom is -0.542 e. The first-order chi connectivity index (χ1) is 14.0. The average Bonchev–Trinajstić information content (AvgIpc) is 2.71. The number of carboxylic acids is 1. The number of fused-ring (bicyclic) bond motifs is 1. The number of rotatable bonds is 9. The van der Waals surface area contributed by atoms with Gasteiger partial charge in [-0.3, -0.25) is 4.79 Å². The number of aliphatic hydroxyl groups excluding tert-OH is 1. The number of aromatic carboxylic acids is 1. The maximum absolute atomic E-state index is 11.9. The number of aliphatic hydroxyl groups is 1. The Balaban J connectivity index is 0.00000320. The van der Waals surface area contributed by atoms with Gasteiger partial charge in [-0.2, -0.15) is 0 Å². The molecule has 0 aliphatic carbocycles. The van der Waals surface area contributed by atoms with E-state index in [0.717, 1.165) is 30.2 Å². The Bertz CT molecular complexity index is 1060. The Morgan fingerprint density at radius 3 is 2.60 bits per heavy atom. The summed E-state index contributed by atoms with van der Waals surface area (Å²) in [7, 11) is 0. The Hall–Kier alpha value is -2.32. The van der Waals surface area contributed by atoms with E-state index in [1.807, 2.05) is 24.3 Å². The van der Waals surface area contributed by atoms with Crippen molar-refractivity contribution in [3.05, 3.63) is 70.1 Å². The van der Waals surface area contributed by atoms with Gasteiger partial charge in [0, 0.05) is 12.1 Å². The molecule has 3 rings (SSSR count).